The molecule has 0 amide bonds. The molecule has 2 N–H and O–H groups in total. The number of aromatic amines is 2. The number of H-pyrrole nitrogens is 2. The van der Waals surface area contributed by atoms with Crippen LogP contribution in [0.1, 0.15) is 25.3 Å². The summed E-state index contributed by atoms with van der Waals surface area (Å²) in [4.78, 5) is 20.2. The van der Waals surface area contributed by atoms with Gasteiger partial charge in [-0.2, -0.15) is 5.10 Å². The Bertz CT molecular complexity index is 1230. The van der Waals surface area contributed by atoms with Crippen LogP contribution in [0, 0.1) is 6.92 Å². The number of ether oxygens (including phenoxy) is 1. The van der Waals surface area contributed by atoms with Crippen LogP contribution in [0.25, 0.3) is 33.8 Å². The maximum absolute atomic E-state index is 13.1. The summed E-state index contributed by atoms with van der Waals surface area (Å²) in [7, 11) is 0. The fourth-order valence-electron chi connectivity index (χ4n) is 3.37. The van der Waals surface area contributed by atoms with E-state index in [4.69, 9.17) is 16.3 Å². The minimum atomic E-state index is -0.274. The molecule has 0 saturated heterocycles. The third-order valence-corrected chi connectivity index (χ3v) is 5.36. The van der Waals surface area contributed by atoms with Crippen LogP contribution < -0.4 is 10.3 Å². The van der Waals surface area contributed by atoms with Crippen molar-refractivity contribution in [3.05, 3.63) is 75.8 Å². The first-order valence-electron chi connectivity index (χ1n) is 10.2. The van der Waals surface area contributed by atoms with Crippen LogP contribution in [-0.4, -0.2) is 26.8 Å². The molecule has 0 unspecified atom stereocenters. The number of hydrogen-bond donors (Lipinski definition) is 2. The Morgan fingerprint density at radius 1 is 1.06 bits per heavy atom. The summed E-state index contributed by atoms with van der Waals surface area (Å²) in [5, 5.41) is 7.20. The molecule has 0 aliphatic carbocycles. The predicted octanol–water partition coefficient (Wildman–Crippen LogP) is 5.63. The fourth-order valence-corrected chi connectivity index (χ4v) is 3.64. The average Bonchev–Trinajstić information content (AvgIpc) is 3.28. The van der Waals surface area contributed by atoms with Gasteiger partial charge in [0.25, 0.3) is 5.56 Å². The van der Waals surface area contributed by atoms with Crippen LogP contribution in [0.4, 0.5) is 0 Å². The molecule has 31 heavy (non-hydrogen) atoms. The normalized spacial score (nSPS) is 10.9. The van der Waals surface area contributed by atoms with E-state index in [-0.39, 0.29) is 5.56 Å². The Kier molecular flexibility index (Phi) is 6.18. The van der Waals surface area contributed by atoms with Gasteiger partial charge >= 0.3 is 0 Å². The van der Waals surface area contributed by atoms with E-state index in [1.54, 1.807) is 6.07 Å². The Balaban J connectivity index is 1.81. The van der Waals surface area contributed by atoms with E-state index in [9.17, 15) is 4.79 Å². The lowest BCUT2D eigenvalue weighted by Gasteiger charge is -2.13. The van der Waals surface area contributed by atoms with Gasteiger partial charge in [0.15, 0.2) is 5.82 Å². The van der Waals surface area contributed by atoms with Gasteiger partial charge in [0.2, 0.25) is 0 Å². The topological polar surface area (TPSA) is 83.7 Å². The average molecular weight is 435 g/mol. The van der Waals surface area contributed by atoms with Crippen LogP contribution in [0.15, 0.2) is 59.7 Å². The van der Waals surface area contributed by atoms with Crippen LogP contribution in [0.2, 0.25) is 5.02 Å². The smallest absolute Gasteiger partial charge is 0.260 e. The van der Waals surface area contributed by atoms with Gasteiger partial charge in [0, 0.05) is 11.1 Å². The highest BCUT2D eigenvalue weighted by Crippen LogP contribution is 2.34. The quantitative estimate of drug-likeness (QED) is 0.369. The molecule has 2 heterocycles. The lowest BCUT2D eigenvalue weighted by molar-refractivity contribution is 0.309. The third-order valence-electron chi connectivity index (χ3n) is 5.05. The van der Waals surface area contributed by atoms with Gasteiger partial charge in [-0.15, -0.1) is 0 Å². The summed E-state index contributed by atoms with van der Waals surface area (Å²) in [5.41, 5.74) is 4.28. The zero-order chi connectivity index (χ0) is 21.8. The molecular formula is C24H23ClN4O2. The van der Waals surface area contributed by atoms with Crippen LogP contribution in [-0.2, 0) is 0 Å². The van der Waals surface area contributed by atoms with Crippen molar-refractivity contribution in [1.29, 1.82) is 0 Å². The second-order valence-electron chi connectivity index (χ2n) is 7.34. The second-order valence-corrected chi connectivity index (χ2v) is 7.75. The largest absolute Gasteiger partial charge is 0.494 e. The number of pyridine rings is 1. The molecule has 2 aromatic carbocycles. The van der Waals surface area contributed by atoms with Crippen LogP contribution in [0.5, 0.6) is 5.75 Å². The predicted molar refractivity (Wildman–Crippen MR) is 123 cm³/mol. The SMILES string of the molecule is CCCCOc1ccc(-c2cc(-c3ccc(C)cc3)c(-c3ncn[nH]3)c(=O)[nH]2)c(Cl)c1. The highest BCUT2D eigenvalue weighted by Gasteiger charge is 2.18. The van der Waals surface area contributed by atoms with E-state index in [1.165, 1.54) is 6.33 Å². The molecule has 0 fully saturated rings. The zero-order valence-electron chi connectivity index (χ0n) is 17.4. The summed E-state index contributed by atoms with van der Waals surface area (Å²) >= 11 is 6.56. The maximum Gasteiger partial charge on any atom is 0.260 e. The number of rotatable bonds is 7. The van der Waals surface area contributed by atoms with E-state index in [2.05, 4.69) is 27.1 Å². The Hall–Kier alpha value is -3.38. The van der Waals surface area contributed by atoms with Crippen molar-refractivity contribution in [3.8, 4) is 39.5 Å². The number of nitrogens with zero attached hydrogens (tertiary/aromatic N) is 2. The molecule has 0 bridgehead atoms. The number of aryl methyl sites for hydroxylation is 1. The summed E-state index contributed by atoms with van der Waals surface area (Å²) in [6.07, 6.45) is 3.43. The summed E-state index contributed by atoms with van der Waals surface area (Å²) < 4.78 is 5.74. The molecular weight excluding hydrogens is 412 g/mol. The van der Waals surface area contributed by atoms with Gasteiger partial charge in [-0.3, -0.25) is 9.89 Å². The van der Waals surface area contributed by atoms with Crippen LogP contribution in [0.3, 0.4) is 0 Å². The highest BCUT2D eigenvalue weighted by molar-refractivity contribution is 6.33. The van der Waals surface area contributed by atoms with E-state index < -0.39 is 0 Å². The number of halogens is 1. The first kappa shape index (κ1) is 20.9. The minimum Gasteiger partial charge on any atom is -0.494 e. The standard InChI is InChI=1S/C24H23ClN4O2/c1-3-4-11-31-17-9-10-18(20(25)12-17)21-13-19(16-7-5-15(2)6-8-16)22(24(30)28-21)23-26-14-27-29-23/h5-10,12-14H,3-4,11H2,1-2H3,(H,28,30)(H,26,27,29). The van der Waals surface area contributed by atoms with Gasteiger partial charge < -0.3 is 9.72 Å². The minimum absolute atomic E-state index is 0.274. The van der Waals surface area contributed by atoms with Crippen molar-refractivity contribution >= 4 is 11.6 Å². The Morgan fingerprint density at radius 2 is 1.87 bits per heavy atom. The number of benzene rings is 2. The number of hydrogen-bond acceptors (Lipinski definition) is 4. The molecule has 4 aromatic rings. The molecule has 2 aromatic heterocycles. The number of unbranched alkanes of at least 4 members (excludes halogenated alkanes) is 1. The summed E-state index contributed by atoms with van der Waals surface area (Å²) in [6.45, 7) is 4.78. The molecule has 4 rings (SSSR count). The van der Waals surface area contributed by atoms with E-state index in [0.29, 0.717) is 34.5 Å². The van der Waals surface area contributed by atoms with Crippen molar-refractivity contribution in [2.75, 3.05) is 6.61 Å². The number of nitrogens with one attached hydrogen (secondary N) is 2. The molecule has 0 radical (unpaired) electrons. The Morgan fingerprint density at radius 3 is 2.55 bits per heavy atom. The lowest BCUT2D eigenvalue weighted by Crippen LogP contribution is -2.12. The monoisotopic (exact) mass is 434 g/mol. The van der Waals surface area contributed by atoms with Gasteiger partial charge in [-0.05, 0) is 43.2 Å². The molecule has 0 saturated carbocycles. The highest BCUT2D eigenvalue weighted by atomic mass is 35.5. The van der Waals surface area contributed by atoms with E-state index in [0.717, 1.165) is 35.1 Å². The lowest BCUT2D eigenvalue weighted by atomic mass is 9.97. The molecule has 6 nitrogen and oxygen atoms in total. The zero-order valence-corrected chi connectivity index (χ0v) is 18.2. The Labute approximate surface area is 185 Å². The van der Waals surface area contributed by atoms with Gasteiger partial charge in [-0.25, -0.2) is 4.98 Å². The van der Waals surface area contributed by atoms with E-state index in [1.807, 2.05) is 49.4 Å². The fraction of sp³-hybridized carbons (Fsp3) is 0.208. The van der Waals surface area contributed by atoms with Crippen molar-refractivity contribution in [3.63, 3.8) is 0 Å². The first-order valence-corrected chi connectivity index (χ1v) is 10.6. The number of aromatic nitrogens is 4. The van der Waals surface area contributed by atoms with Crippen LogP contribution >= 0.6 is 11.6 Å². The molecule has 7 heteroatoms. The van der Waals surface area contributed by atoms with Gasteiger partial charge in [-0.1, -0.05) is 54.8 Å². The molecule has 0 aliphatic rings. The third kappa shape index (κ3) is 4.54. The van der Waals surface area contributed by atoms with Crippen molar-refractivity contribution in [2.24, 2.45) is 0 Å². The maximum atomic E-state index is 13.1. The first-order chi connectivity index (χ1) is 15.1. The van der Waals surface area contributed by atoms with Crippen molar-refractivity contribution in [1.82, 2.24) is 20.2 Å². The molecule has 0 atom stereocenters. The molecule has 0 spiro atoms. The van der Waals surface area contributed by atoms with Gasteiger partial charge in [0.05, 0.1) is 22.9 Å². The molecule has 158 valence electrons. The summed E-state index contributed by atoms with van der Waals surface area (Å²) in [6, 6.07) is 15.4. The van der Waals surface area contributed by atoms with Crippen molar-refractivity contribution < 1.29 is 4.74 Å². The van der Waals surface area contributed by atoms with Gasteiger partial charge in [0.1, 0.15) is 12.1 Å². The molecule has 0 aliphatic heterocycles. The summed E-state index contributed by atoms with van der Waals surface area (Å²) in [5.74, 6) is 1.12. The second kappa shape index (κ2) is 9.18. The van der Waals surface area contributed by atoms with E-state index >= 15 is 0 Å². The van der Waals surface area contributed by atoms with Crippen molar-refractivity contribution in [2.45, 2.75) is 26.7 Å².